The molecule has 1 aliphatic rings. The van der Waals surface area contributed by atoms with Gasteiger partial charge in [-0.1, -0.05) is 6.07 Å². The van der Waals surface area contributed by atoms with E-state index in [9.17, 15) is 20.1 Å². The first kappa shape index (κ1) is 20.8. The highest BCUT2D eigenvalue weighted by molar-refractivity contribution is 5.98. The van der Waals surface area contributed by atoms with Crippen LogP contribution >= 0.6 is 0 Å². The lowest BCUT2D eigenvalue weighted by Crippen LogP contribution is -2.36. The maximum atomic E-state index is 14.0. The maximum absolute atomic E-state index is 14.0. The Bertz CT molecular complexity index is 1810. The van der Waals surface area contributed by atoms with E-state index in [-0.39, 0.29) is 39.6 Å². The number of fused-ring (bicyclic) bond motifs is 3. The Balaban J connectivity index is 1.76. The fourth-order valence-corrected chi connectivity index (χ4v) is 5.30. The summed E-state index contributed by atoms with van der Waals surface area (Å²) in [6.07, 6.45) is 2.53. The normalized spacial score (nSPS) is 17.9. The number of anilines is 1. The number of rotatable bonds is 5. The van der Waals surface area contributed by atoms with Gasteiger partial charge in [0.2, 0.25) is 5.91 Å². The van der Waals surface area contributed by atoms with E-state index in [1.165, 1.54) is 30.6 Å². The summed E-state index contributed by atoms with van der Waals surface area (Å²) in [6.45, 7) is 2.84. The van der Waals surface area contributed by atoms with E-state index in [1.807, 2.05) is 0 Å². The highest BCUT2D eigenvalue weighted by Crippen LogP contribution is 2.33. The molecule has 4 aromatic rings. The Morgan fingerprint density at radius 3 is 2.66 bits per heavy atom. The van der Waals surface area contributed by atoms with Gasteiger partial charge in [0.05, 0.1) is 29.5 Å². The minimum absolute atomic E-state index is 0.0450. The Kier molecular flexibility index (Phi) is 5.25. The third-order valence-electron chi connectivity index (χ3n) is 7.21. The summed E-state index contributed by atoms with van der Waals surface area (Å²) in [5, 5.41) is 3.02. The predicted molar refractivity (Wildman–Crippen MR) is 144 cm³/mol. The van der Waals surface area contributed by atoms with Gasteiger partial charge < -0.3 is 16.0 Å². The average Bonchev–Trinajstić information content (AvgIpc) is 3.32. The molecule has 1 unspecified atom stereocenters. The number of benzene rings is 2. The first-order chi connectivity index (χ1) is 19.6. The van der Waals surface area contributed by atoms with Gasteiger partial charge in [-0.05, 0) is 62.1 Å². The highest BCUT2D eigenvalue weighted by Gasteiger charge is 2.28. The molecular weight excluding hydrogens is 487 g/mol. The van der Waals surface area contributed by atoms with Crippen molar-refractivity contribution < 1.29 is 19.5 Å². The Morgan fingerprint density at radius 2 is 2.00 bits per heavy atom. The summed E-state index contributed by atoms with van der Waals surface area (Å²) in [6, 6.07) is 4.96. The molecule has 0 bridgehead atoms. The maximum Gasteiger partial charge on any atom is 0.261 e. The molecule has 198 valence electrons. The Morgan fingerprint density at radius 1 is 1.26 bits per heavy atom. The number of primary amides is 1. The lowest BCUT2D eigenvalue weighted by Gasteiger charge is -2.30. The molecule has 0 saturated carbocycles. The number of amides is 2. The number of imidazole rings is 1. The number of piperidine rings is 1. The van der Waals surface area contributed by atoms with Crippen molar-refractivity contribution in [2.24, 2.45) is 12.7 Å². The van der Waals surface area contributed by atoms with Crippen LogP contribution in [0.4, 0.5) is 10.1 Å². The quantitative estimate of drug-likeness (QED) is 0.415. The monoisotopic (exact) mass is 522 g/mol. The van der Waals surface area contributed by atoms with E-state index in [4.69, 9.17) is 9.85 Å². The average molecular weight is 523 g/mol. The van der Waals surface area contributed by atoms with Crippen molar-refractivity contribution in [3.63, 3.8) is 0 Å². The van der Waals surface area contributed by atoms with Crippen LogP contribution in [0, 0.1) is 12.7 Å². The summed E-state index contributed by atoms with van der Waals surface area (Å²) in [5.41, 5.74) is 6.35. The molecule has 0 aliphatic carbocycles. The molecule has 2 aromatic carbocycles. The summed E-state index contributed by atoms with van der Waals surface area (Å²) >= 11 is 0. The molecule has 3 N–H and O–H groups in total. The van der Waals surface area contributed by atoms with Crippen LogP contribution < -0.4 is 16.6 Å². The molecule has 0 radical (unpaired) electrons. The predicted octanol–water partition coefficient (Wildman–Crippen LogP) is 3.63. The third-order valence-corrected chi connectivity index (χ3v) is 7.21. The van der Waals surface area contributed by atoms with Crippen molar-refractivity contribution in [1.29, 1.82) is 0 Å². The van der Waals surface area contributed by atoms with Crippen LogP contribution in [-0.4, -0.2) is 43.8 Å². The number of aryl methyl sites for hydroxylation is 2. The van der Waals surface area contributed by atoms with E-state index >= 15 is 0 Å². The number of hydrogen-bond acceptors (Lipinski definition) is 5. The number of aromatic nitrogens is 3. The van der Waals surface area contributed by atoms with E-state index in [2.05, 4.69) is 10.3 Å². The number of halogens is 1. The van der Waals surface area contributed by atoms with Gasteiger partial charge in [-0.15, -0.1) is 0 Å². The second-order valence-electron chi connectivity index (χ2n) is 9.76. The SMILES string of the molecule is [2H]C(C)(Nc1ccc(F)cc1C(N)=O)c1cc(C)cc2c(=O)n(C([2H])([2H])[2H])c3c(C4CCN(C(C)=O)CC4)ncn3c12. The molecular formula is C28H31FN6O3. The number of nitrogens with zero attached hydrogens (tertiary/aromatic N) is 4. The number of carbonyl (C=O) groups excluding carboxylic acids is 2. The van der Waals surface area contributed by atoms with E-state index in [0.29, 0.717) is 42.8 Å². The third kappa shape index (κ3) is 4.29. The lowest BCUT2D eigenvalue weighted by atomic mass is 9.93. The van der Waals surface area contributed by atoms with E-state index < -0.39 is 30.3 Å². The minimum atomic E-state index is -2.83. The number of nitrogens with one attached hydrogen (secondary N) is 1. The molecule has 3 heterocycles. The second kappa shape index (κ2) is 9.59. The summed E-state index contributed by atoms with van der Waals surface area (Å²) in [4.78, 5) is 44.2. The van der Waals surface area contributed by atoms with Gasteiger partial charge >= 0.3 is 0 Å². The molecule has 2 amide bonds. The van der Waals surface area contributed by atoms with Crippen LogP contribution in [-0.2, 0) is 11.8 Å². The molecule has 1 saturated heterocycles. The van der Waals surface area contributed by atoms with Gasteiger partial charge in [-0.3, -0.25) is 23.4 Å². The smallest absolute Gasteiger partial charge is 0.261 e. The van der Waals surface area contributed by atoms with Gasteiger partial charge in [0.15, 0.2) is 0 Å². The van der Waals surface area contributed by atoms with Gasteiger partial charge in [0, 0.05) is 42.7 Å². The second-order valence-corrected chi connectivity index (χ2v) is 9.76. The lowest BCUT2D eigenvalue weighted by molar-refractivity contribution is -0.129. The van der Waals surface area contributed by atoms with Crippen LogP contribution in [0.3, 0.4) is 0 Å². The minimum Gasteiger partial charge on any atom is -0.378 e. The summed E-state index contributed by atoms with van der Waals surface area (Å²) in [5.74, 6) is -1.81. The fraction of sp³-hybridized carbons (Fsp3) is 0.357. The van der Waals surface area contributed by atoms with Crippen molar-refractivity contribution in [2.75, 3.05) is 18.4 Å². The molecule has 1 atom stereocenters. The first-order valence-corrected chi connectivity index (χ1v) is 12.3. The zero-order valence-electron chi connectivity index (χ0n) is 25.3. The zero-order valence-corrected chi connectivity index (χ0v) is 21.3. The number of carbonyl (C=O) groups is 2. The molecule has 2 aromatic heterocycles. The molecule has 5 rings (SSSR count). The van der Waals surface area contributed by atoms with Crippen LogP contribution in [0.1, 0.15) is 71.3 Å². The first-order valence-electron chi connectivity index (χ1n) is 14.3. The number of nitrogens with two attached hydrogens (primary N) is 1. The fourth-order valence-electron chi connectivity index (χ4n) is 5.30. The standard InChI is InChI=1S/C28H31FN6O3/c1-15-11-20(16(2)32-23-6-5-19(29)13-21(23)26(30)37)25-22(12-15)28(38)33(4)27-24(31-14-35(25)27)18-7-9-34(10-8-18)17(3)36/h5-6,11-14,16,18,32H,7-10H2,1-4H3,(H2,30,37)/i4D3,16D. The van der Waals surface area contributed by atoms with E-state index in [1.54, 1.807) is 24.0 Å². The van der Waals surface area contributed by atoms with Gasteiger partial charge in [0.25, 0.3) is 11.5 Å². The highest BCUT2D eigenvalue weighted by atomic mass is 19.1. The molecule has 38 heavy (non-hydrogen) atoms. The van der Waals surface area contributed by atoms with Crippen LogP contribution in [0.2, 0.25) is 0 Å². The molecule has 0 spiro atoms. The van der Waals surface area contributed by atoms with Crippen LogP contribution in [0.15, 0.2) is 41.5 Å². The van der Waals surface area contributed by atoms with Gasteiger partial charge in [-0.2, -0.15) is 0 Å². The zero-order chi connectivity index (χ0) is 30.7. The summed E-state index contributed by atoms with van der Waals surface area (Å²) < 4.78 is 50.3. The van der Waals surface area contributed by atoms with E-state index in [0.717, 1.165) is 16.7 Å². The van der Waals surface area contributed by atoms with Crippen molar-refractivity contribution in [3.05, 3.63) is 75.2 Å². The van der Waals surface area contributed by atoms with Gasteiger partial charge in [0.1, 0.15) is 17.8 Å². The molecule has 1 fully saturated rings. The van der Waals surface area contributed by atoms with Crippen molar-refractivity contribution in [2.45, 2.75) is 45.5 Å². The Hall–Kier alpha value is -4.21. The van der Waals surface area contributed by atoms with Crippen molar-refractivity contribution in [1.82, 2.24) is 18.9 Å². The van der Waals surface area contributed by atoms with Crippen LogP contribution in [0.25, 0.3) is 16.6 Å². The van der Waals surface area contributed by atoms with Crippen molar-refractivity contribution in [3.8, 4) is 0 Å². The van der Waals surface area contributed by atoms with Crippen molar-refractivity contribution >= 4 is 34.1 Å². The van der Waals surface area contributed by atoms with Gasteiger partial charge in [-0.25, -0.2) is 9.37 Å². The molecule has 1 aliphatic heterocycles. The topological polar surface area (TPSA) is 115 Å². The Labute approximate surface area is 224 Å². The number of hydrogen-bond donors (Lipinski definition) is 2. The molecule has 10 heteroatoms. The number of likely N-dealkylation sites (tertiary alicyclic amines) is 1. The van der Waals surface area contributed by atoms with Crippen LogP contribution in [0.5, 0.6) is 0 Å². The summed E-state index contributed by atoms with van der Waals surface area (Å²) in [7, 11) is 0. The molecule has 9 nitrogen and oxygen atoms in total. The largest absolute Gasteiger partial charge is 0.378 e.